The van der Waals surface area contributed by atoms with E-state index in [-0.39, 0.29) is 31.2 Å². The molecular weight excluding hydrogens is 448 g/mol. The number of carbonyl (C=O) groups is 3. The minimum absolute atomic E-state index is 0.118. The van der Waals surface area contributed by atoms with Crippen LogP contribution in [0.15, 0.2) is 18.2 Å². The van der Waals surface area contributed by atoms with Crippen molar-refractivity contribution in [2.75, 3.05) is 6.54 Å². The molecule has 1 aliphatic rings. The van der Waals surface area contributed by atoms with Crippen LogP contribution in [0.25, 0.3) is 0 Å². The van der Waals surface area contributed by atoms with Crippen LogP contribution in [0.2, 0.25) is 0 Å². The summed E-state index contributed by atoms with van der Waals surface area (Å²) in [6, 6.07) is -0.678. The summed E-state index contributed by atoms with van der Waals surface area (Å²) in [4.78, 5) is 37.9. The normalized spacial score (nSPS) is 17.2. The summed E-state index contributed by atoms with van der Waals surface area (Å²) in [6.45, 7) is 5.07. The van der Waals surface area contributed by atoms with Crippen molar-refractivity contribution in [2.24, 2.45) is 0 Å². The van der Waals surface area contributed by atoms with Crippen LogP contribution in [0.4, 0.5) is 31.1 Å². The molecule has 32 heavy (non-hydrogen) atoms. The third kappa shape index (κ3) is 6.50. The Bertz CT molecular complexity index is 860. The first kappa shape index (κ1) is 25.3. The van der Waals surface area contributed by atoms with Crippen LogP contribution in [-0.2, 0) is 21.9 Å². The van der Waals surface area contributed by atoms with E-state index in [1.807, 2.05) is 5.43 Å². The smallest absolute Gasteiger partial charge is 0.416 e. The number of hydrogen-bond acceptors (Lipinski definition) is 4. The monoisotopic (exact) mass is 469 g/mol. The molecule has 0 aromatic heterocycles. The zero-order chi connectivity index (χ0) is 24.5. The van der Waals surface area contributed by atoms with Gasteiger partial charge in [0.1, 0.15) is 11.6 Å². The second-order valence-electron chi connectivity index (χ2n) is 8.07. The maximum absolute atomic E-state index is 12.9. The zero-order valence-corrected chi connectivity index (χ0v) is 17.3. The van der Waals surface area contributed by atoms with Crippen LogP contribution < -0.4 is 10.9 Å². The minimum Gasteiger partial charge on any atom is -0.444 e. The molecule has 0 spiro atoms. The highest BCUT2D eigenvalue weighted by Crippen LogP contribution is 2.36. The summed E-state index contributed by atoms with van der Waals surface area (Å²) in [6.07, 6.45) is -10.3. The third-order valence-electron chi connectivity index (χ3n) is 4.33. The molecule has 1 aromatic rings. The lowest BCUT2D eigenvalue weighted by Gasteiger charge is -2.28. The van der Waals surface area contributed by atoms with Gasteiger partial charge in [-0.25, -0.2) is 4.79 Å². The SMILES string of the molecule is CC(C)(C)OC(=O)N1CCC[C@@H]1C(=O)NNC(=O)c1cc(C(F)(F)F)cc(C(F)(F)F)c1. The van der Waals surface area contributed by atoms with Crippen molar-refractivity contribution in [1.82, 2.24) is 15.8 Å². The summed E-state index contributed by atoms with van der Waals surface area (Å²) < 4.78 is 82.8. The second kappa shape index (κ2) is 8.87. The van der Waals surface area contributed by atoms with Crippen molar-refractivity contribution in [3.8, 4) is 0 Å². The molecule has 0 bridgehead atoms. The van der Waals surface area contributed by atoms with Gasteiger partial charge < -0.3 is 4.74 Å². The van der Waals surface area contributed by atoms with Gasteiger partial charge in [-0.05, 0) is 51.8 Å². The number of carbonyl (C=O) groups excluding carboxylic acids is 3. The van der Waals surface area contributed by atoms with Gasteiger partial charge in [0.15, 0.2) is 0 Å². The summed E-state index contributed by atoms with van der Waals surface area (Å²) in [5.74, 6) is -2.26. The first-order valence-electron chi connectivity index (χ1n) is 9.38. The molecule has 0 aliphatic carbocycles. The number of likely N-dealkylation sites (tertiary alicyclic amines) is 1. The highest BCUT2D eigenvalue weighted by molar-refractivity contribution is 5.96. The molecule has 2 N–H and O–H groups in total. The Labute approximate surface area is 179 Å². The molecule has 1 aliphatic heterocycles. The average molecular weight is 469 g/mol. The summed E-state index contributed by atoms with van der Waals surface area (Å²) in [7, 11) is 0. The van der Waals surface area contributed by atoms with Gasteiger partial charge in [0.2, 0.25) is 0 Å². The molecular formula is C19H21F6N3O4. The topological polar surface area (TPSA) is 87.7 Å². The Morgan fingerprint density at radius 1 is 0.938 bits per heavy atom. The van der Waals surface area contributed by atoms with Crippen molar-refractivity contribution in [3.63, 3.8) is 0 Å². The lowest BCUT2D eigenvalue weighted by molar-refractivity contribution is -0.143. The lowest BCUT2D eigenvalue weighted by Crippen LogP contribution is -2.52. The van der Waals surface area contributed by atoms with E-state index in [9.17, 15) is 40.7 Å². The van der Waals surface area contributed by atoms with Gasteiger partial charge in [-0.3, -0.25) is 25.3 Å². The number of alkyl halides is 6. The molecule has 1 saturated heterocycles. The molecule has 178 valence electrons. The van der Waals surface area contributed by atoms with E-state index in [2.05, 4.69) is 0 Å². The maximum atomic E-state index is 12.9. The van der Waals surface area contributed by atoms with E-state index in [1.54, 1.807) is 26.2 Å². The standard InChI is InChI=1S/C19H21F6N3O4/c1-17(2,3)32-16(31)28-6-4-5-13(28)15(30)27-26-14(29)10-7-11(18(20,21)22)9-12(8-10)19(23,24)25/h7-9,13H,4-6H2,1-3H3,(H,26,29)(H,27,30)/t13-/m1/s1. The number of amides is 3. The van der Waals surface area contributed by atoms with Crippen molar-refractivity contribution in [1.29, 1.82) is 0 Å². The van der Waals surface area contributed by atoms with Crippen molar-refractivity contribution >= 4 is 17.9 Å². The Kier molecular flexibility index (Phi) is 7.00. The fourth-order valence-corrected chi connectivity index (χ4v) is 2.94. The van der Waals surface area contributed by atoms with Crippen LogP contribution in [0.5, 0.6) is 0 Å². The van der Waals surface area contributed by atoms with Gasteiger partial charge in [0, 0.05) is 12.1 Å². The highest BCUT2D eigenvalue weighted by Gasteiger charge is 2.39. The van der Waals surface area contributed by atoms with Crippen LogP contribution in [0, 0.1) is 0 Å². The second-order valence-corrected chi connectivity index (χ2v) is 8.07. The number of halogens is 6. The Morgan fingerprint density at radius 3 is 1.94 bits per heavy atom. The predicted octanol–water partition coefficient (Wildman–Crippen LogP) is 3.88. The summed E-state index contributed by atoms with van der Waals surface area (Å²) >= 11 is 0. The molecule has 13 heteroatoms. The predicted molar refractivity (Wildman–Crippen MR) is 98.0 cm³/mol. The van der Waals surface area contributed by atoms with Gasteiger partial charge in [0.25, 0.3) is 11.8 Å². The van der Waals surface area contributed by atoms with E-state index < -0.39 is 58.6 Å². The van der Waals surface area contributed by atoms with Crippen molar-refractivity contribution < 1.29 is 45.5 Å². The molecule has 1 fully saturated rings. The molecule has 1 heterocycles. The van der Waals surface area contributed by atoms with Gasteiger partial charge in [-0.2, -0.15) is 26.3 Å². The fourth-order valence-electron chi connectivity index (χ4n) is 2.94. The zero-order valence-electron chi connectivity index (χ0n) is 17.3. The molecule has 3 amide bonds. The van der Waals surface area contributed by atoms with E-state index in [0.29, 0.717) is 6.42 Å². The van der Waals surface area contributed by atoms with Gasteiger partial charge in [-0.15, -0.1) is 0 Å². The van der Waals surface area contributed by atoms with E-state index in [4.69, 9.17) is 4.74 Å². The van der Waals surface area contributed by atoms with Gasteiger partial charge in [0.05, 0.1) is 11.1 Å². The molecule has 1 atom stereocenters. The Hall–Kier alpha value is -2.99. The first-order valence-corrected chi connectivity index (χ1v) is 9.38. The lowest BCUT2D eigenvalue weighted by atomic mass is 10.0. The minimum atomic E-state index is -5.13. The first-order chi connectivity index (χ1) is 14.5. The highest BCUT2D eigenvalue weighted by atomic mass is 19.4. The van der Waals surface area contributed by atoms with Crippen molar-refractivity contribution in [2.45, 2.75) is 57.6 Å². The summed E-state index contributed by atoms with van der Waals surface area (Å²) in [5.41, 5.74) is -1.40. The van der Waals surface area contributed by atoms with Gasteiger partial charge in [-0.1, -0.05) is 0 Å². The maximum Gasteiger partial charge on any atom is 0.416 e. The number of benzene rings is 1. The molecule has 2 rings (SSSR count). The fraction of sp³-hybridized carbons (Fsp3) is 0.526. The molecule has 0 radical (unpaired) electrons. The Balaban J connectivity index is 2.13. The quantitative estimate of drug-likeness (QED) is 0.508. The van der Waals surface area contributed by atoms with Crippen LogP contribution >= 0.6 is 0 Å². The number of hydrogen-bond donors (Lipinski definition) is 2. The number of hydrazine groups is 1. The van der Waals surface area contributed by atoms with Crippen LogP contribution in [0.3, 0.4) is 0 Å². The summed E-state index contributed by atoms with van der Waals surface area (Å²) in [5, 5.41) is 0. The van der Waals surface area contributed by atoms with Gasteiger partial charge >= 0.3 is 18.4 Å². The molecule has 1 aromatic carbocycles. The van der Waals surface area contributed by atoms with E-state index in [1.165, 1.54) is 0 Å². The average Bonchev–Trinajstić information content (AvgIpc) is 3.12. The van der Waals surface area contributed by atoms with E-state index in [0.717, 1.165) is 4.90 Å². The Morgan fingerprint density at radius 2 is 1.47 bits per heavy atom. The number of rotatable bonds is 2. The molecule has 0 unspecified atom stereocenters. The number of nitrogens with one attached hydrogen (secondary N) is 2. The van der Waals surface area contributed by atoms with Crippen LogP contribution in [0.1, 0.15) is 55.1 Å². The largest absolute Gasteiger partial charge is 0.444 e. The van der Waals surface area contributed by atoms with Crippen LogP contribution in [-0.4, -0.2) is 41.0 Å². The number of nitrogens with zero attached hydrogens (tertiary/aromatic N) is 1. The number of ether oxygens (including phenoxy) is 1. The van der Waals surface area contributed by atoms with E-state index >= 15 is 0 Å². The molecule has 0 saturated carbocycles. The van der Waals surface area contributed by atoms with Crippen molar-refractivity contribution in [3.05, 3.63) is 34.9 Å². The molecule has 7 nitrogen and oxygen atoms in total. The third-order valence-corrected chi connectivity index (χ3v) is 4.33.